The second-order valence-corrected chi connectivity index (χ2v) is 2.15. The third kappa shape index (κ3) is 10.9. The first-order valence-electron chi connectivity index (χ1n) is 2.72. The van der Waals surface area contributed by atoms with Gasteiger partial charge in [-0.1, -0.05) is 13.8 Å². The van der Waals surface area contributed by atoms with Crippen LogP contribution in [0, 0.1) is 0 Å². The van der Waals surface area contributed by atoms with Crippen molar-refractivity contribution in [3.8, 4) is 0 Å². The smallest absolute Gasteiger partial charge is 0.306 e. The summed E-state index contributed by atoms with van der Waals surface area (Å²) in [7, 11) is 0. The van der Waals surface area contributed by atoms with Gasteiger partial charge in [0, 0.05) is 6.04 Å². The molecule has 0 radical (unpaired) electrons. The molecule has 0 fully saturated rings. The highest BCUT2D eigenvalue weighted by atomic mass is 35.5. The molecule has 0 amide bonds. The van der Waals surface area contributed by atoms with E-state index in [1.807, 2.05) is 0 Å². The lowest BCUT2D eigenvalue weighted by Gasteiger charge is -2.09. The third-order valence-corrected chi connectivity index (χ3v) is 0.711. The molecule has 0 saturated carbocycles. The van der Waals surface area contributed by atoms with Crippen LogP contribution in [0.5, 0.6) is 0 Å². The molecule has 0 saturated heterocycles. The summed E-state index contributed by atoms with van der Waals surface area (Å²) < 4.78 is 34.1. The molecule has 0 heterocycles. The maximum atomic E-state index is 11.4. The molecule has 0 aromatic rings. The van der Waals surface area contributed by atoms with E-state index in [9.17, 15) is 13.2 Å². The minimum absolute atomic E-state index is 0. The number of alkyl halides is 3. The zero-order valence-electron chi connectivity index (χ0n) is 5.83. The lowest BCUT2D eigenvalue weighted by atomic mass is 10.4. The van der Waals surface area contributed by atoms with Crippen LogP contribution in [0.4, 0.5) is 13.2 Å². The first-order chi connectivity index (χ1) is 3.92. The lowest BCUT2D eigenvalue weighted by Crippen LogP contribution is -2.33. The van der Waals surface area contributed by atoms with E-state index < -0.39 is 12.7 Å². The Bertz CT molecular complexity index is 81.5. The van der Waals surface area contributed by atoms with Gasteiger partial charge in [0.05, 0.1) is 6.54 Å². The molecule has 0 aliphatic carbocycles. The number of hydrogen-bond donors (Lipinski definition) is 1. The standard InChI is InChI=1S/C5H10F3N.ClH/c1-4(2)9-3-5(6,7)8;/h4,9H,3H2,1-2H3;1H. The molecular formula is C5H11ClF3N. The Morgan fingerprint density at radius 1 is 1.30 bits per heavy atom. The Morgan fingerprint density at radius 3 is 1.80 bits per heavy atom. The van der Waals surface area contributed by atoms with Crippen LogP contribution in [-0.4, -0.2) is 18.8 Å². The number of rotatable bonds is 2. The van der Waals surface area contributed by atoms with Gasteiger partial charge in [0.15, 0.2) is 0 Å². The van der Waals surface area contributed by atoms with Crippen molar-refractivity contribution in [3.63, 3.8) is 0 Å². The van der Waals surface area contributed by atoms with Gasteiger partial charge in [0.25, 0.3) is 0 Å². The van der Waals surface area contributed by atoms with Gasteiger partial charge in [-0.25, -0.2) is 0 Å². The summed E-state index contributed by atoms with van der Waals surface area (Å²) in [5.74, 6) is 0. The predicted octanol–water partition coefficient (Wildman–Crippen LogP) is 1.97. The molecule has 0 aromatic carbocycles. The van der Waals surface area contributed by atoms with Crippen molar-refractivity contribution in [1.82, 2.24) is 5.32 Å². The van der Waals surface area contributed by atoms with Crippen molar-refractivity contribution in [2.45, 2.75) is 26.1 Å². The van der Waals surface area contributed by atoms with Gasteiger partial charge in [-0.2, -0.15) is 13.2 Å². The van der Waals surface area contributed by atoms with Crippen LogP contribution < -0.4 is 5.32 Å². The van der Waals surface area contributed by atoms with Gasteiger partial charge in [0.2, 0.25) is 0 Å². The van der Waals surface area contributed by atoms with Crippen LogP contribution in [0.2, 0.25) is 0 Å². The number of nitrogens with one attached hydrogen (secondary N) is 1. The van der Waals surface area contributed by atoms with Crippen molar-refractivity contribution < 1.29 is 13.2 Å². The van der Waals surface area contributed by atoms with Gasteiger partial charge < -0.3 is 5.32 Å². The topological polar surface area (TPSA) is 12.0 Å². The maximum absolute atomic E-state index is 11.4. The minimum Gasteiger partial charge on any atom is -0.306 e. The molecular weight excluding hydrogens is 167 g/mol. The quantitative estimate of drug-likeness (QED) is 0.680. The number of hydrogen-bond acceptors (Lipinski definition) is 1. The molecule has 0 bridgehead atoms. The van der Waals surface area contributed by atoms with E-state index in [4.69, 9.17) is 0 Å². The lowest BCUT2D eigenvalue weighted by molar-refractivity contribution is -0.125. The molecule has 10 heavy (non-hydrogen) atoms. The van der Waals surface area contributed by atoms with Gasteiger partial charge in [-0.05, 0) is 0 Å². The molecule has 0 unspecified atom stereocenters. The summed E-state index contributed by atoms with van der Waals surface area (Å²) >= 11 is 0. The van der Waals surface area contributed by atoms with Crippen LogP contribution in [0.25, 0.3) is 0 Å². The Kier molecular flexibility index (Phi) is 6.09. The zero-order chi connectivity index (χ0) is 7.49. The fourth-order valence-corrected chi connectivity index (χ4v) is 0.320. The molecule has 64 valence electrons. The minimum atomic E-state index is -4.08. The van der Waals surface area contributed by atoms with Crippen molar-refractivity contribution in [2.75, 3.05) is 6.54 Å². The summed E-state index contributed by atoms with van der Waals surface area (Å²) in [6, 6.07) is -0.105. The van der Waals surface area contributed by atoms with E-state index in [2.05, 4.69) is 5.32 Å². The van der Waals surface area contributed by atoms with Crippen molar-refractivity contribution in [2.24, 2.45) is 0 Å². The molecule has 0 aromatic heterocycles. The average Bonchev–Trinajstić information content (AvgIpc) is 1.59. The fraction of sp³-hybridized carbons (Fsp3) is 1.00. The predicted molar refractivity (Wildman–Crippen MR) is 36.4 cm³/mol. The molecule has 0 aliphatic rings. The van der Waals surface area contributed by atoms with Crippen molar-refractivity contribution in [1.29, 1.82) is 0 Å². The Labute approximate surface area is 64.4 Å². The van der Waals surface area contributed by atoms with Crippen LogP contribution in [0.1, 0.15) is 13.8 Å². The SMILES string of the molecule is CC(C)NCC(F)(F)F.Cl. The number of halogens is 4. The summed E-state index contributed by atoms with van der Waals surface area (Å²) in [5, 5.41) is 2.26. The Hall–Kier alpha value is 0.0400. The highest BCUT2D eigenvalue weighted by Crippen LogP contribution is 2.12. The van der Waals surface area contributed by atoms with Crippen LogP contribution in [0.3, 0.4) is 0 Å². The largest absolute Gasteiger partial charge is 0.401 e. The molecule has 0 aliphatic heterocycles. The second-order valence-electron chi connectivity index (χ2n) is 2.15. The first kappa shape index (κ1) is 12.7. The molecule has 1 N–H and O–H groups in total. The van der Waals surface area contributed by atoms with E-state index in [0.29, 0.717) is 0 Å². The van der Waals surface area contributed by atoms with Gasteiger partial charge in [-0.3, -0.25) is 0 Å². The van der Waals surface area contributed by atoms with E-state index in [0.717, 1.165) is 0 Å². The molecule has 0 spiro atoms. The van der Waals surface area contributed by atoms with Crippen molar-refractivity contribution in [3.05, 3.63) is 0 Å². The highest BCUT2D eigenvalue weighted by Gasteiger charge is 2.26. The van der Waals surface area contributed by atoms with E-state index in [1.165, 1.54) is 0 Å². The third-order valence-electron chi connectivity index (χ3n) is 0.711. The normalized spacial score (nSPS) is 11.4. The van der Waals surface area contributed by atoms with E-state index >= 15 is 0 Å². The monoisotopic (exact) mass is 177 g/mol. The van der Waals surface area contributed by atoms with Crippen molar-refractivity contribution >= 4 is 12.4 Å². The average molecular weight is 178 g/mol. The van der Waals surface area contributed by atoms with Crippen LogP contribution >= 0.6 is 12.4 Å². The first-order valence-corrected chi connectivity index (χ1v) is 2.72. The summed E-state index contributed by atoms with van der Waals surface area (Å²) in [5.41, 5.74) is 0. The Balaban J connectivity index is 0. The summed E-state index contributed by atoms with van der Waals surface area (Å²) in [4.78, 5) is 0. The summed E-state index contributed by atoms with van der Waals surface area (Å²) in [6.07, 6.45) is -4.08. The van der Waals surface area contributed by atoms with Crippen LogP contribution in [0.15, 0.2) is 0 Å². The zero-order valence-corrected chi connectivity index (χ0v) is 6.64. The fourth-order valence-electron chi connectivity index (χ4n) is 0.320. The second kappa shape index (κ2) is 4.79. The van der Waals surface area contributed by atoms with E-state index in [1.54, 1.807) is 13.8 Å². The maximum Gasteiger partial charge on any atom is 0.401 e. The Morgan fingerprint density at radius 2 is 1.70 bits per heavy atom. The van der Waals surface area contributed by atoms with E-state index in [-0.39, 0.29) is 18.4 Å². The molecule has 0 atom stereocenters. The van der Waals surface area contributed by atoms with Gasteiger partial charge in [0.1, 0.15) is 0 Å². The van der Waals surface area contributed by atoms with Gasteiger partial charge >= 0.3 is 6.18 Å². The summed E-state index contributed by atoms with van der Waals surface area (Å²) in [6.45, 7) is 2.45. The molecule has 0 rings (SSSR count). The molecule has 5 heteroatoms. The van der Waals surface area contributed by atoms with Gasteiger partial charge in [-0.15, -0.1) is 12.4 Å². The molecule has 1 nitrogen and oxygen atoms in total. The van der Waals surface area contributed by atoms with Crippen LogP contribution in [-0.2, 0) is 0 Å². The highest BCUT2D eigenvalue weighted by molar-refractivity contribution is 5.85.